The van der Waals surface area contributed by atoms with Crippen LogP contribution >= 0.6 is 0 Å². The first-order valence-corrected chi connectivity index (χ1v) is 9.78. The molecule has 0 N–H and O–H groups in total. The molecule has 0 aliphatic carbocycles. The van der Waals surface area contributed by atoms with Crippen molar-refractivity contribution < 1.29 is 14.6 Å². The van der Waals surface area contributed by atoms with Crippen LogP contribution in [0.1, 0.15) is 84.0 Å². The van der Waals surface area contributed by atoms with Crippen molar-refractivity contribution in [3.05, 3.63) is 55.9 Å². The van der Waals surface area contributed by atoms with Crippen molar-refractivity contribution in [1.29, 1.82) is 0 Å². The number of rotatable bonds is 17. The minimum atomic E-state index is -0.539. The molecule has 0 fully saturated rings. The number of aldehydes is 1. The summed E-state index contributed by atoms with van der Waals surface area (Å²) in [5, 5.41) is 22.1. The Bertz CT molecular complexity index is 538. The summed E-state index contributed by atoms with van der Waals surface area (Å²) in [7, 11) is 0. The third-order valence-electron chi connectivity index (χ3n) is 4.15. The Kier molecular flexibility index (Phi) is 15.7. The van der Waals surface area contributed by atoms with Gasteiger partial charge in [-0.05, 0) is 37.8 Å². The van der Waals surface area contributed by atoms with Crippen LogP contribution in [-0.2, 0) is 4.79 Å². The zero-order valence-corrected chi connectivity index (χ0v) is 16.3. The molecule has 152 valence electrons. The quantitative estimate of drug-likeness (QED) is 0.105. The zero-order valence-electron chi connectivity index (χ0n) is 16.3. The first-order valence-electron chi connectivity index (χ1n) is 9.78. The summed E-state index contributed by atoms with van der Waals surface area (Å²) in [5.41, 5.74) is -0.128. The third-order valence-corrected chi connectivity index (χ3v) is 4.15. The molecule has 0 rings (SSSR count). The minimum absolute atomic E-state index is 0.0473. The molecule has 0 aliphatic rings. The Balaban J connectivity index is 4.38. The second kappa shape index (κ2) is 17.1. The maximum absolute atomic E-state index is 11.1. The van der Waals surface area contributed by atoms with E-state index in [2.05, 4.69) is 6.92 Å². The van der Waals surface area contributed by atoms with Gasteiger partial charge in [-0.3, -0.25) is 20.2 Å². The summed E-state index contributed by atoms with van der Waals surface area (Å²) in [6.07, 6.45) is 16.9. The van der Waals surface area contributed by atoms with E-state index in [4.69, 9.17) is 0 Å². The number of hydrogen-bond donors (Lipinski definition) is 0. The monoisotopic (exact) mass is 380 g/mol. The molecule has 0 aromatic carbocycles. The molecule has 0 saturated carbocycles. The second-order valence-corrected chi connectivity index (χ2v) is 6.43. The fourth-order valence-electron chi connectivity index (χ4n) is 2.55. The molecule has 0 amide bonds. The first-order chi connectivity index (χ1) is 13.0. The van der Waals surface area contributed by atoms with E-state index in [0.717, 1.165) is 12.8 Å². The number of nitrogens with zero attached hydrogens (tertiary/aromatic N) is 2. The SMILES string of the molecule is CCCCCCCC/C=C/C/C=C(/C/C=C(/CCCC=O)[N+](=O)[O-])[N+](=O)[O-]. The molecular weight excluding hydrogens is 348 g/mol. The summed E-state index contributed by atoms with van der Waals surface area (Å²) in [4.78, 5) is 31.3. The lowest BCUT2D eigenvalue weighted by atomic mass is 10.1. The largest absolute Gasteiger partial charge is 0.303 e. The van der Waals surface area contributed by atoms with Gasteiger partial charge in [0.2, 0.25) is 11.4 Å². The van der Waals surface area contributed by atoms with Crippen molar-refractivity contribution in [2.24, 2.45) is 0 Å². The standard InChI is InChI=1S/C20H32N2O5/c1-2-3-4-5-6-7-8-9-10-11-14-19(21(24)25)16-17-20(22(26)27)15-12-13-18-23/h9-10,14,17-18H,2-8,11-13,15-16H2,1H3/b10-9+,19-14-,20-17-. The summed E-state index contributed by atoms with van der Waals surface area (Å²) in [5.74, 6) is 0. The fourth-order valence-corrected chi connectivity index (χ4v) is 2.55. The van der Waals surface area contributed by atoms with Gasteiger partial charge in [0, 0.05) is 12.8 Å². The topological polar surface area (TPSA) is 103 Å². The van der Waals surface area contributed by atoms with Gasteiger partial charge in [0.1, 0.15) is 6.29 Å². The second-order valence-electron chi connectivity index (χ2n) is 6.43. The third kappa shape index (κ3) is 14.5. The molecule has 0 unspecified atom stereocenters. The van der Waals surface area contributed by atoms with E-state index in [0.29, 0.717) is 19.1 Å². The Hall–Kier alpha value is -2.31. The molecule has 27 heavy (non-hydrogen) atoms. The maximum Gasteiger partial charge on any atom is 0.246 e. The molecule has 7 heteroatoms. The summed E-state index contributed by atoms with van der Waals surface area (Å²) >= 11 is 0. The predicted molar refractivity (Wildman–Crippen MR) is 106 cm³/mol. The zero-order chi connectivity index (χ0) is 20.3. The van der Waals surface area contributed by atoms with Gasteiger partial charge in [-0.15, -0.1) is 0 Å². The maximum atomic E-state index is 11.1. The number of carbonyl (C=O) groups is 1. The number of unbranched alkanes of at least 4 members (excludes halogenated alkanes) is 7. The Labute approximate surface area is 161 Å². The highest BCUT2D eigenvalue weighted by Crippen LogP contribution is 2.13. The number of carbonyl (C=O) groups excluding carboxylic acids is 1. The van der Waals surface area contributed by atoms with Gasteiger partial charge >= 0.3 is 0 Å². The highest BCUT2D eigenvalue weighted by atomic mass is 16.6. The van der Waals surface area contributed by atoms with Crippen LogP contribution in [0.2, 0.25) is 0 Å². The van der Waals surface area contributed by atoms with Crippen molar-refractivity contribution in [3.63, 3.8) is 0 Å². The predicted octanol–water partition coefficient (Wildman–Crippen LogP) is 5.76. The van der Waals surface area contributed by atoms with E-state index < -0.39 is 9.85 Å². The lowest BCUT2D eigenvalue weighted by Crippen LogP contribution is -2.02. The lowest BCUT2D eigenvalue weighted by molar-refractivity contribution is -0.432. The van der Waals surface area contributed by atoms with Gasteiger partial charge in [0.05, 0.1) is 16.3 Å². The number of hydrogen-bond acceptors (Lipinski definition) is 5. The summed E-state index contributed by atoms with van der Waals surface area (Å²) in [6.45, 7) is 2.19. The van der Waals surface area contributed by atoms with Gasteiger partial charge in [0.15, 0.2) is 0 Å². The average Bonchev–Trinajstić information content (AvgIpc) is 2.63. The van der Waals surface area contributed by atoms with Gasteiger partial charge in [-0.2, -0.15) is 0 Å². The number of allylic oxidation sites excluding steroid dienone is 5. The van der Waals surface area contributed by atoms with Crippen LogP contribution in [0.4, 0.5) is 0 Å². The Morgan fingerprint density at radius 3 is 2.11 bits per heavy atom. The lowest BCUT2D eigenvalue weighted by Gasteiger charge is -1.98. The smallest absolute Gasteiger partial charge is 0.246 e. The van der Waals surface area contributed by atoms with Gasteiger partial charge < -0.3 is 4.79 Å². The fraction of sp³-hybridized carbons (Fsp3) is 0.650. The molecule has 0 aliphatic heterocycles. The van der Waals surface area contributed by atoms with Crippen LogP contribution < -0.4 is 0 Å². The Morgan fingerprint density at radius 1 is 0.815 bits per heavy atom. The first kappa shape index (κ1) is 24.7. The summed E-state index contributed by atoms with van der Waals surface area (Å²) in [6, 6.07) is 0. The van der Waals surface area contributed by atoms with E-state index in [1.807, 2.05) is 12.2 Å². The highest BCUT2D eigenvalue weighted by molar-refractivity contribution is 5.49. The molecule has 7 nitrogen and oxygen atoms in total. The van der Waals surface area contributed by atoms with E-state index in [-0.39, 0.29) is 30.7 Å². The molecule has 0 heterocycles. The van der Waals surface area contributed by atoms with Gasteiger partial charge in [-0.25, -0.2) is 0 Å². The van der Waals surface area contributed by atoms with Crippen LogP contribution in [0.15, 0.2) is 35.7 Å². The molecule has 0 atom stereocenters. The molecule has 0 spiro atoms. The Morgan fingerprint density at radius 2 is 1.48 bits per heavy atom. The van der Waals surface area contributed by atoms with Crippen molar-refractivity contribution in [2.75, 3.05) is 0 Å². The van der Waals surface area contributed by atoms with Crippen molar-refractivity contribution in [3.8, 4) is 0 Å². The van der Waals surface area contributed by atoms with E-state index in [9.17, 15) is 25.0 Å². The van der Waals surface area contributed by atoms with Crippen molar-refractivity contribution >= 4 is 6.29 Å². The summed E-state index contributed by atoms with van der Waals surface area (Å²) < 4.78 is 0. The minimum Gasteiger partial charge on any atom is -0.303 e. The molecule has 0 aromatic heterocycles. The number of nitro groups is 2. The van der Waals surface area contributed by atoms with E-state index in [1.165, 1.54) is 44.3 Å². The van der Waals surface area contributed by atoms with Crippen molar-refractivity contribution in [2.45, 2.75) is 84.0 Å². The van der Waals surface area contributed by atoms with Gasteiger partial charge in [-0.1, -0.05) is 51.2 Å². The van der Waals surface area contributed by atoms with Crippen LogP contribution in [0.5, 0.6) is 0 Å². The van der Waals surface area contributed by atoms with E-state index in [1.54, 1.807) is 0 Å². The van der Waals surface area contributed by atoms with Crippen LogP contribution in [-0.4, -0.2) is 16.1 Å². The van der Waals surface area contributed by atoms with Crippen LogP contribution in [0.25, 0.3) is 0 Å². The molecule has 0 aromatic rings. The van der Waals surface area contributed by atoms with Crippen LogP contribution in [0, 0.1) is 20.2 Å². The normalized spacial score (nSPS) is 12.5. The average molecular weight is 380 g/mol. The highest BCUT2D eigenvalue weighted by Gasteiger charge is 2.14. The molecule has 0 radical (unpaired) electrons. The molecule has 0 bridgehead atoms. The van der Waals surface area contributed by atoms with Crippen LogP contribution in [0.3, 0.4) is 0 Å². The van der Waals surface area contributed by atoms with Gasteiger partial charge in [0.25, 0.3) is 0 Å². The molecule has 0 saturated heterocycles. The molecular formula is C20H32N2O5. The van der Waals surface area contributed by atoms with Crippen molar-refractivity contribution in [1.82, 2.24) is 0 Å². The van der Waals surface area contributed by atoms with E-state index >= 15 is 0 Å².